The average Bonchev–Trinajstić information content (AvgIpc) is 3.02. The maximum Gasteiger partial charge on any atom is 0.246 e. The van der Waals surface area contributed by atoms with E-state index >= 15 is 0 Å². The summed E-state index contributed by atoms with van der Waals surface area (Å²) in [5, 5.41) is 6.23. The van der Waals surface area contributed by atoms with Crippen molar-refractivity contribution in [2.24, 2.45) is 5.92 Å². The van der Waals surface area contributed by atoms with Gasteiger partial charge in [0, 0.05) is 6.54 Å². The van der Waals surface area contributed by atoms with E-state index < -0.39 is 0 Å². The first-order valence-corrected chi connectivity index (χ1v) is 8.03. The smallest absolute Gasteiger partial charge is 0.246 e. The third-order valence-electron chi connectivity index (χ3n) is 3.94. The zero-order valence-electron chi connectivity index (χ0n) is 12.9. The van der Waals surface area contributed by atoms with Crippen LogP contribution in [0.1, 0.15) is 31.2 Å². The summed E-state index contributed by atoms with van der Waals surface area (Å²) in [7, 11) is 0. The van der Waals surface area contributed by atoms with Crippen molar-refractivity contribution >= 4 is 5.91 Å². The molecule has 0 saturated carbocycles. The topological polar surface area (TPSA) is 50.4 Å². The molecule has 22 heavy (non-hydrogen) atoms. The monoisotopic (exact) mass is 308 g/mol. The van der Waals surface area contributed by atoms with Gasteiger partial charge in [-0.25, -0.2) is 4.39 Å². The van der Waals surface area contributed by atoms with E-state index in [0.29, 0.717) is 13.2 Å². The molecule has 5 heteroatoms. The molecule has 1 aromatic carbocycles. The summed E-state index contributed by atoms with van der Waals surface area (Å²) >= 11 is 0. The number of nitrogens with one attached hydrogen (secondary N) is 2. The number of halogens is 1. The van der Waals surface area contributed by atoms with Crippen LogP contribution in [0.2, 0.25) is 0 Å². The second-order valence-corrected chi connectivity index (χ2v) is 5.82. The van der Waals surface area contributed by atoms with E-state index in [9.17, 15) is 9.18 Å². The van der Waals surface area contributed by atoms with Gasteiger partial charge in [0.1, 0.15) is 12.4 Å². The number of carbonyl (C=O) groups excluding carboxylic acids is 1. The van der Waals surface area contributed by atoms with Crippen molar-refractivity contribution in [1.29, 1.82) is 0 Å². The Hall–Kier alpha value is -1.46. The Balaban J connectivity index is 1.46. The number of unbranched alkanes of at least 4 members (excludes halogenated alkanes) is 1. The van der Waals surface area contributed by atoms with Gasteiger partial charge in [-0.3, -0.25) is 4.79 Å². The molecule has 2 N–H and O–H groups in total. The van der Waals surface area contributed by atoms with Crippen molar-refractivity contribution in [3.8, 4) is 0 Å². The minimum Gasteiger partial charge on any atom is -0.367 e. The van der Waals surface area contributed by atoms with Crippen molar-refractivity contribution in [1.82, 2.24) is 10.6 Å². The highest BCUT2D eigenvalue weighted by Gasteiger charge is 2.13. The fraction of sp³-hybridized carbons (Fsp3) is 0.588. The minimum atomic E-state index is -0.269. The lowest BCUT2D eigenvalue weighted by atomic mass is 10.0. The van der Waals surface area contributed by atoms with Gasteiger partial charge in [-0.15, -0.1) is 0 Å². The first-order valence-electron chi connectivity index (χ1n) is 8.03. The SMILES string of the molecule is O=C(COCc1ccc(F)cc1)NCCCCC1CCNC1. The highest BCUT2D eigenvalue weighted by Crippen LogP contribution is 2.14. The van der Waals surface area contributed by atoms with Gasteiger partial charge in [0.05, 0.1) is 6.61 Å². The van der Waals surface area contributed by atoms with Crippen LogP contribution in [0, 0.1) is 11.7 Å². The zero-order valence-corrected chi connectivity index (χ0v) is 12.9. The third kappa shape index (κ3) is 6.54. The first-order chi connectivity index (χ1) is 10.7. The lowest BCUT2D eigenvalue weighted by Crippen LogP contribution is -2.28. The molecule has 1 aliphatic rings. The molecule has 1 aromatic rings. The lowest BCUT2D eigenvalue weighted by Gasteiger charge is -2.09. The second-order valence-electron chi connectivity index (χ2n) is 5.82. The number of benzene rings is 1. The molecule has 0 aliphatic carbocycles. The van der Waals surface area contributed by atoms with Crippen LogP contribution in [-0.2, 0) is 16.1 Å². The van der Waals surface area contributed by atoms with E-state index in [-0.39, 0.29) is 18.3 Å². The summed E-state index contributed by atoms with van der Waals surface area (Å²) in [6.07, 6.45) is 4.69. The maximum absolute atomic E-state index is 12.7. The summed E-state index contributed by atoms with van der Waals surface area (Å²) in [5.41, 5.74) is 0.861. The van der Waals surface area contributed by atoms with Crippen LogP contribution in [0.5, 0.6) is 0 Å². The van der Waals surface area contributed by atoms with Crippen LogP contribution < -0.4 is 10.6 Å². The van der Waals surface area contributed by atoms with Crippen LogP contribution in [0.3, 0.4) is 0 Å². The molecular weight excluding hydrogens is 283 g/mol. The predicted octanol–water partition coefficient (Wildman–Crippen LogP) is 2.24. The summed E-state index contributed by atoms with van der Waals surface area (Å²) < 4.78 is 18.0. The van der Waals surface area contributed by atoms with E-state index in [4.69, 9.17) is 4.74 Å². The number of ether oxygens (including phenoxy) is 1. The van der Waals surface area contributed by atoms with Gasteiger partial charge in [-0.05, 0) is 56.0 Å². The third-order valence-corrected chi connectivity index (χ3v) is 3.94. The molecule has 1 heterocycles. The first kappa shape index (κ1) is 16.9. The summed E-state index contributed by atoms with van der Waals surface area (Å²) in [6.45, 7) is 3.36. The van der Waals surface area contributed by atoms with Crippen molar-refractivity contribution in [3.63, 3.8) is 0 Å². The zero-order chi connectivity index (χ0) is 15.6. The molecule has 1 atom stereocenters. The Morgan fingerprint density at radius 1 is 1.32 bits per heavy atom. The summed E-state index contributed by atoms with van der Waals surface area (Å²) in [6, 6.07) is 6.09. The van der Waals surface area contributed by atoms with Gasteiger partial charge in [-0.2, -0.15) is 0 Å². The highest BCUT2D eigenvalue weighted by atomic mass is 19.1. The van der Waals surface area contributed by atoms with E-state index in [1.807, 2.05) is 0 Å². The van der Waals surface area contributed by atoms with Crippen molar-refractivity contribution in [2.75, 3.05) is 26.2 Å². The molecule has 0 radical (unpaired) electrons. The standard InChI is InChI=1S/C17H25FN2O2/c18-16-6-4-15(5-7-16)12-22-13-17(21)20-9-2-1-3-14-8-10-19-11-14/h4-7,14,19H,1-3,8-13H2,(H,20,21). The van der Waals surface area contributed by atoms with Crippen LogP contribution >= 0.6 is 0 Å². The van der Waals surface area contributed by atoms with Crippen LogP contribution in [0.4, 0.5) is 4.39 Å². The maximum atomic E-state index is 12.7. The molecular formula is C17H25FN2O2. The van der Waals surface area contributed by atoms with Crippen molar-refractivity contribution in [3.05, 3.63) is 35.6 Å². The molecule has 1 fully saturated rings. The fourth-order valence-electron chi connectivity index (χ4n) is 2.64. The Kier molecular flexibility index (Phi) is 7.33. The molecule has 0 spiro atoms. The summed E-state index contributed by atoms with van der Waals surface area (Å²) in [4.78, 5) is 11.6. The van der Waals surface area contributed by atoms with Crippen LogP contribution in [0.15, 0.2) is 24.3 Å². The molecule has 4 nitrogen and oxygen atoms in total. The Bertz CT molecular complexity index is 444. The molecule has 1 aliphatic heterocycles. The molecule has 2 rings (SSSR count). The number of hydrogen-bond donors (Lipinski definition) is 2. The molecule has 0 aromatic heterocycles. The minimum absolute atomic E-state index is 0.0456. The van der Waals surface area contributed by atoms with Gasteiger partial charge in [0.2, 0.25) is 5.91 Å². The quantitative estimate of drug-likeness (QED) is 0.688. The van der Waals surface area contributed by atoms with Gasteiger partial charge in [0.25, 0.3) is 0 Å². The Morgan fingerprint density at radius 3 is 2.86 bits per heavy atom. The number of hydrogen-bond acceptors (Lipinski definition) is 3. The van der Waals surface area contributed by atoms with Gasteiger partial charge < -0.3 is 15.4 Å². The Labute approximate surface area is 131 Å². The van der Waals surface area contributed by atoms with E-state index in [0.717, 1.165) is 37.4 Å². The molecule has 1 unspecified atom stereocenters. The predicted molar refractivity (Wildman–Crippen MR) is 83.9 cm³/mol. The van der Waals surface area contributed by atoms with E-state index in [1.165, 1.54) is 25.0 Å². The van der Waals surface area contributed by atoms with Gasteiger partial charge in [0.15, 0.2) is 0 Å². The van der Waals surface area contributed by atoms with E-state index in [1.54, 1.807) is 12.1 Å². The average molecular weight is 308 g/mol. The normalized spacial score (nSPS) is 17.6. The Morgan fingerprint density at radius 2 is 2.14 bits per heavy atom. The number of carbonyl (C=O) groups is 1. The van der Waals surface area contributed by atoms with Crippen LogP contribution in [-0.4, -0.2) is 32.1 Å². The van der Waals surface area contributed by atoms with Crippen molar-refractivity contribution in [2.45, 2.75) is 32.3 Å². The summed E-state index contributed by atoms with van der Waals surface area (Å²) in [5.74, 6) is 0.453. The van der Waals surface area contributed by atoms with Gasteiger partial charge >= 0.3 is 0 Å². The second kappa shape index (κ2) is 9.54. The molecule has 1 saturated heterocycles. The molecule has 1 amide bonds. The van der Waals surface area contributed by atoms with Crippen LogP contribution in [0.25, 0.3) is 0 Å². The fourth-order valence-corrected chi connectivity index (χ4v) is 2.64. The molecule has 122 valence electrons. The van der Waals surface area contributed by atoms with Crippen molar-refractivity contribution < 1.29 is 13.9 Å². The molecule has 0 bridgehead atoms. The van der Waals surface area contributed by atoms with Gasteiger partial charge in [-0.1, -0.05) is 18.6 Å². The number of rotatable bonds is 9. The largest absolute Gasteiger partial charge is 0.367 e. The highest BCUT2D eigenvalue weighted by molar-refractivity contribution is 5.77. The lowest BCUT2D eigenvalue weighted by molar-refractivity contribution is -0.126. The number of amides is 1. The van der Waals surface area contributed by atoms with E-state index in [2.05, 4.69) is 10.6 Å².